The van der Waals surface area contributed by atoms with Gasteiger partial charge in [0.15, 0.2) is 0 Å². The molecule has 4 nitrogen and oxygen atoms in total. The summed E-state index contributed by atoms with van der Waals surface area (Å²) in [5.74, 6) is -0.756. The molecule has 1 aromatic heterocycles. The number of aromatic amines is 1. The number of hydrogen-bond acceptors (Lipinski definition) is 2. The smallest absolute Gasteiger partial charge is 0.320 e. The number of aromatic nitrogens is 1. The van der Waals surface area contributed by atoms with Gasteiger partial charge in [0.05, 0.1) is 0 Å². The van der Waals surface area contributed by atoms with E-state index in [9.17, 15) is 4.79 Å². The molecule has 0 aliphatic carbocycles. The second kappa shape index (κ2) is 3.90. The number of halogens is 1. The first-order chi connectivity index (χ1) is 6.66. The molecule has 2 atom stereocenters. The zero-order valence-electron chi connectivity index (χ0n) is 7.46. The van der Waals surface area contributed by atoms with Gasteiger partial charge in [0.1, 0.15) is 6.04 Å². The van der Waals surface area contributed by atoms with Crippen LogP contribution < -0.4 is 5.32 Å². The molecule has 0 spiro atoms. The van der Waals surface area contributed by atoms with Crippen molar-refractivity contribution in [2.24, 2.45) is 0 Å². The van der Waals surface area contributed by atoms with Gasteiger partial charge in [-0.05, 0) is 41.5 Å². The van der Waals surface area contributed by atoms with E-state index in [4.69, 9.17) is 5.11 Å². The largest absolute Gasteiger partial charge is 0.480 e. The molecule has 14 heavy (non-hydrogen) atoms. The van der Waals surface area contributed by atoms with Crippen molar-refractivity contribution in [3.05, 3.63) is 21.5 Å². The molecule has 1 saturated heterocycles. The molecule has 3 N–H and O–H groups in total. The molecular formula is C9H11IN2O2. The lowest BCUT2D eigenvalue weighted by Crippen LogP contribution is -2.31. The molecule has 76 valence electrons. The number of H-pyrrole nitrogens is 1. The Kier molecular flexibility index (Phi) is 2.78. The predicted octanol–water partition coefficient (Wildman–Crippen LogP) is 1.50. The summed E-state index contributed by atoms with van der Waals surface area (Å²) in [7, 11) is 0. The summed E-state index contributed by atoms with van der Waals surface area (Å²) in [5, 5.41) is 11.9. The van der Waals surface area contributed by atoms with Crippen molar-refractivity contribution in [3.63, 3.8) is 0 Å². The molecule has 5 heteroatoms. The zero-order chi connectivity index (χ0) is 10.1. The van der Waals surface area contributed by atoms with Gasteiger partial charge < -0.3 is 10.1 Å². The summed E-state index contributed by atoms with van der Waals surface area (Å²) >= 11 is 2.23. The molecule has 1 aliphatic heterocycles. The van der Waals surface area contributed by atoms with Crippen LogP contribution in [-0.4, -0.2) is 22.1 Å². The highest BCUT2D eigenvalue weighted by atomic mass is 127. The van der Waals surface area contributed by atoms with Crippen molar-refractivity contribution in [2.75, 3.05) is 0 Å². The lowest BCUT2D eigenvalue weighted by Gasteiger charge is -2.09. The molecule has 0 unspecified atom stereocenters. The average molecular weight is 306 g/mol. The SMILES string of the molecule is O=C(O)[C@@H]1CC[C@H](c2cc(I)c[nH]2)N1. The van der Waals surface area contributed by atoms with Crippen molar-refractivity contribution in [3.8, 4) is 0 Å². The van der Waals surface area contributed by atoms with Gasteiger partial charge in [-0.25, -0.2) is 0 Å². The van der Waals surface area contributed by atoms with Crippen molar-refractivity contribution in [1.29, 1.82) is 0 Å². The van der Waals surface area contributed by atoms with Crippen LogP contribution in [-0.2, 0) is 4.79 Å². The van der Waals surface area contributed by atoms with Crippen molar-refractivity contribution < 1.29 is 9.90 Å². The van der Waals surface area contributed by atoms with Gasteiger partial charge >= 0.3 is 5.97 Å². The van der Waals surface area contributed by atoms with E-state index in [1.165, 1.54) is 0 Å². The molecule has 0 aromatic carbocycles. The van der Waals surface area contributed by atoms with Gasteiger partial charge in [-0.2, -0.15) is 0 Å². The maximum atomic E-state index is 10.7. The third kappa shape index (κ3) is 1.93. The summed E-state index contributed by atoms with van der Waals surface area (Å²) in [6.45, 7) is 0. The van der Waals surface area contributed by atoms with Gasteiger partial charge in [-0.3, -0.25) is 10.1 Å². The average Bonchev–Trinajstić information content (AvgIpc) is 2.70. The van der Waals surface area contributed by atoms with E-state index in [-0.39, 0.29) is 12.1 Å². The van der Waals surface area contributed by atoms with Crippen LogP contribution in [0, 0.1) is 3.57 Å². The van der Waals surface area contributed by atoms with Gasteiger partial charge in [0, 0.05) is 21.5 Å². The number of carboxylic acids is 1. The third-order valence-electron chi connectivity index (χ3n) is 2.49. The van der Waals surface area contributed by atoms with Crippen LogP contribution in [0.2, 0.25) is 0 Å². The maximum Gasteiger partial charge on any atom is 0.320 e. The number of carboxylic acid groups (broad SMARTS) is 1. The first kappa shape index (κ1) is 9.97. The Balaban J connectivity index is 2.05. The minimum Gasteiger partial charge on any atom is -0.480 e. The molecule has 1 fully saturated rings. The fourth-order valence-corrected chi connectivity index (χ4v) is 2.26. The second-order valence-electron chi connectivity index (χ2n) is 3.46. The molecule has 0 saturated carbocycles. The van der Waals surface area contributed by atoms with Gasteiger partial charge in [-0.1, -0.05) is 0 Å². The molecule has 0 amide bonds. The van der Waals surface area contributed by atoms with E-state index in [0.717, 1.165) is 15.7 Å². The third-order valence-corrected chi connectivity index (χ3v) is 3.11. The van der Waals surface area contributed by atoms with Crippen LogP contribution in [0.5, 0.6) is 0 Å². The fraction of sp³-hybridized carbons (Fsp3) is 0.444. The Labute approximate surface area is 95.2 Å². The number of carbonyl (C=O) groups is 1. The molecule has 2 rings (SSSR count). The Bertz CT molecular complexity index is 350. The van der Waals surface area contributed by atoms with Crippen molar-refractivity contribution in [1.82, 2.24) is 10.3 Å². The summed E-state index contributed by atoms with van der Waals surface area (Å²) in [4.78, 5) is 13.9. The van der Waals surface area contributed by atoms with E-state index < -0.39 is 5.97 Å². The van der Waals surface area contributed by atoms with E-state index >= 15 is 0 Å². The predicted molar refractivity (Wildman–Crippen MR) is 60.0 cm³/mol. The summed E-state index contributed by atoms with van der Waals surface area (Å²) in [6.07, 6.45) is 3.51. The quantitative estimate of drug-likeness (QED) is 0.726. The molecule has 0 radical (unpaired) electrons. The Hall–Kier alpha value is -0.560. The van der Waals surface area contributed by atoms with E-state index in [0.29, 0.717) is 6.42 Å². The Morgan fingerprint density at radius 2 is 2.36 bits per heavy atom. The highest BCUT2D eigenvalue weighted by molar-refractivity contribution is 14.1. The standard InChI is InChI=1S/C9H11IN2O2/c10-5-3-8(11-4-5)6-1-2-7(12-6)9(13)14/h3-4,6-7,11-12H,1-2H2,(H,13,14)/t6-,7+/m1/s1. The van der Waals surface area contributed by atoms with Crippen LogP contribution in [0.1, 0.15) is 24.6 Å². The monoisotopic (exact) mass is 306 g/mol. The van der Waals surface area contributed by atoms with Gasteiger partial charge in [-0.15, -0.1) is 0 Å². The van der Waals surface area contributed by atoms with E-state index in [1.807, 2.05) is 12.3 Å². The molecular weight excluding hydrogens is 295 g/mol. The molecule has 0 bridgehead atoms. The number of aliphatic carboxylic acids is 1. The number of rotatable bonds is 2. The minimum atomic E-state index is -0.756. The van der Waals surface area contributed by atoms with Crippen LogP contribution in [0.25, 0.3) is 0 Å². The second-order valence-corrected chi connectivity index (χ2v) is 4.71. The minimum absolute atomic E-state index is 0.166. The van der Waals surface area contributed by atoms with Crippen LogP contribution in [0.15, 0.2) is 12.3 Å². The maximum absolute atomic E-state index is 10.7. The zero-order valence-corrected chi connectivity index (χ0v) is 9.61. The van der Waals surface area contributed by atoms with Crippen LogP contribution in [0.4, 0.5) is 0 Å². The summed E-state index contributed by atoms with van der Waals surface area (Å²) in [5.41, 5.74) is 1.08. The molecule has 2 heterocycles. The van der Waals surface area contributed by atoms with Crippen LogP contribution >= 0.6 is 22.6 Å². The van der Waals surface area contributed by atoms with Crippen molar-refractivity contribution >= 4 is 28.6 Å². The highest BCUT2D eigenvalue weighted by Gasteiger charge is 2.30. The lowest BCUT2D eigenvalue weighted by atomic mass is 10.1. The fourth-order valence-electron chi connectivity index (χ4n) is 1.77. The van der Waals surface area contributed by atoms with E-state index in [2.05, 4.69) is 32.9 Å². The summed E-state index contributed by atoms with van der Waals surface area (Å²) < 4.78 is 1.15. The van der Waals surface area contributed by atoms with E-state index in [1.54, 1.807) is 0 Å². The Morgan fingerprint density at radius 3 is 2.86 bits per heavy atom. The number of nitrogens with one attached hydrogen (secondary N) is 2. The normalized spacial score (nSPS) is 26.6. The first-order valence-electron chi connectivity index (χ1n) is 4.49. The number of hydrogen-bond donors (Lipinski definition) is 3. The lowest BCUT2D eigenvalue weighted by molar-refractivity contribution is -0.139. The van der Waals surface area contributed by atoms with Crippen molar-refractivity contribution in [2.45, 2.75) is 24.9 Å². The van der Waals surface area contributed by atoms with Gasteiger partial charge in [0.2, 0.25) is 0 Å². The topological polar surface area (TPSA) is 65.1 Å². The van der Waals surface area contributed by atoms with Gasteiger partial charge in [0.25, 0.3) is 0 Å². The molecule has 1 aliphatic rings. The van der Waals surface area contributed by atoms with Crippen LogP contribution in [0.3, 0.4) is 0 Å². The molecule has 1 aromatic rings. The first-order valence-corrected chi connectivity index (χ1v) is 5.57. The summed E-state index contributed by atoms with van der Waals surface area (Å²) in [6, 6.07) is 1.82. The highest BCUT2D eigenvalue weighted by Crippen LogP contribution is 2.26. The Morgan fingerprint density at radius 1 is 1.57 bits per heavy atom.